The Balaban J connectivity index is 0. The standard InChI is InChI=1S/Al.Ti.V.Zr. The molecule has 0 spiro atoms. The minimum absolute atomic E-state index is 0. The van der Waals surface area contributed by atoms with Gasteiger partial charge in [-0.3, -0.25) is 0 Å². The van der Waals surface area contributed by atoms with Crippen LogP contribution in [0.15, 0.2) is 0 Å². The van der Waals surface area contributed by atoms with Crippen molar-refractivity contribution in [3.63, 3.8) is 0 Å². The summed E-state index contributed by atoms with van der Waals surface area (Å²) in [5, 5.41) is 0. The number of hydrogen-bond acceptors (Lipinski definition) is 0. The summed E-state index contributed by atoms with van der Waals surface area (Å²) in [4.78, 5) is 0. The second-order valence-electron chi connectivity index (χ2n) is 0. The van der Waals surface area contributed by atoms with Crippen LogP contribution in [0.4, 0.5) is 0 Å². The second-order valence-corrected chi connectivity index (χ2v) is 0. The van der Waals surface area contributed by atoms with Crippen molar-refractivity contribution in [3.8, 4) is 0 Å². The molecule has 0 N–H and O–H groups in total. The fraction of sp³-hybridized carbons (Fsp3) is 0. The molecule has 0 atom stereocenters. The summed E-state index contributed by atoms with van der Waals surface area (Å²) in [5.41, 5.74) is 0. The Kier molecular flexibility index (Phi) is 128. The third-order valence-corrected chi connectivity index (χ3v) is 0. The van der Waals surface area contributed by atoms with E-state index in [4.69, 9.17) is 0 Å². The number of rotatable bonds is 0. The van der Waals surface area contributed by atoms with Crippen LogP contribution in [0.3, 0.4) is 0 Å². The first-order valence-electron chi connectivity index (χ1n) is 0. The summed E-state index contributed by atoms with van der Waals surface area (Å²) < 4.78 is 0. The largest absolute Gasteiger partial charge is 0 e. The number of hydrogen-bond donors (Lipinski definition) is 0. The Morgan fingerprint density at radius 3 is 1.00 bits per heavy atom. The van der Waals surface area contributed by atoms with Crippen LogP contribution in [0.2, 0.25) is 0 Å². The third kappa shape index (κ3) is 8.83. The SMILES string of the molecule is [Al].[Ti].[V].[Zr]. The Morgan fingerprint density at radius 2 is 1.00 bits per heavy atom. The fourth-order valence-corrected chi connectivity index (χ4v) is 0. The monoisotopic (exact) mass is 216 g/mol. The van der Waals surface area contributed by atoms with Crippen molar-refractivity contribution in [1.82, 2.24) is 0 Å². The molecule has 4 heteroatoms. The summed E-state index contributed by atoms with van der Waals surface area (Å²) in [6.45, 7) is 0. The van der Waals surface area contributed by atoms with Crippen LogP contribution in [-0.4, -0.2) is 17.4 Å². The Morgan fingerprint density at radius 1 is 1.00 bits per heavy atom. The maximum Gasteiger partial charge on any atom is 0 e. The van der Waals surface area contributed by atoms with Crippen molar-refractivity contribution in [2.24, 2.45) is 0 Å². The van der Waals surface area contributed by atoms with Gasteiger partial charge in [-0.2, -0.15) is 0 Å². The van der Waals surface area contributed by atoms with Crippen molar-refractivity contribution >= 4 is 17.4 Å². The van der Waals surface area contributed by atoms with Crippen LogP contribution in [0.25, 0.3) is 0 Å². The van der Waals surface area contributed by atoms with Gasteiger partial charge < -0.3 is 0 Å². The first kappa shape index (κ1) is 29.8. The van der Waals surface area contributed by atoms with E-state index in [1.54, 1.807) is 0 Å². The average molecular weight is 217 g/mol. The van der Waals surface area contributed by atoms with Crippen LogP contribution in [0, 0.1) is 0 Å². The van der Waals surface area contributed by atoms with Gasteiger partial charge in [0.05, 0.1) is 0 Å². The molecule has 0 saturated heterocycles. The average Bonchev–Trinajstić information content (AvgIpc) is 0. The maximum atomic E-state index is 0. The molecule has 16 valence electrons. The second kappa shape index (κ2) is 17.2. The van der Waals surface area contributed by atoms with Gasteiger partial charge in [0.25, 0.3) is 0 Å². The molecule has 0 aliphatic rings. The molecule has 0 aliphatic heterocycles. The molecule has 0 amide bonds. The van der Waals surface area contributed by atoms with E-state index in [1.807, 2.05) is 0 Å². The molecule has 0 aromatic heterocycles. The van der Waals surface area contributed by atoms with Gasteiger partial charge in [0.15, 0.2) is 0 Å². The van der Waals surface area contributed by atoms with Crippen LogP contribution in [-0.2, 0) is 66.5 Å². The molecule has 0 aromatic rings. The van der Waals surface area contributed by atoms with Crippen LogP contribution in [0.5, 0.6) is 0 Å². The van der Waals surface area contributed by atoms with E-state index in [9.17, 15) is 0 Å². The Hall–Kier alpha value is 2.71. The molecule has 0 rings (SSSR count). The summed E-state index contributed by atoms with van der Waals surface area (Å²) in [6, 6.07) is 0. The summed E-state index contributed by atoms with van der Waals surface area (Å²) >= 11 is 0. The normalized spacial score (nSPS) is 0. The molecule has 0 bridgehead atoms. The van der Waals surface area contributed by atoms with Gasteiger partial charge in [-0.25, -0.2) is 0 Å². The molecule has 4 radical (unpaired) electrons. The molecule has 4 heavy (non-hydrogen) atoms. The fourth-order valence-electron chi connectivity index (χ4n) is 0. The Bertz CT molecular complexity index is 8.00. The van der Waals surface area contributed by atoms with E-state index in [1.165, 1.54) is 0 Å². The Labute approximate surface area is 82.5 Å². The summed E-state index contributed by atoms with van der Waals surface area (Å²) in [7, 11) is 0. The van der Waals surface area contributed by atoms with E-state index in [2.05, 4.69) is 0 Å². The van der Waals surface area contributed by atoms with E-state index in [0.717, 1.165) is 0 Å². The van der Waals surface area contributed by atoms with Gasteiger partial charge in [-0.05, 0) is 0 Å². The zero-order chi connectivity index (χ0) is 0. The van der Waals surface area contributed by atoms with Crippen molar-refractivity contribution in [1.29, 1.82) is 0 Å². The van der Waals surface area contributed by atoms with Crippen molar-refractivity contribution in [3.05, 3.63) is 0 Å². The minimum Gasteiger partial charge on any atom is 0 e. The van der Waals surface area contributed by atoms with E-state index >= 15 is 0 Å². The van der Waals surface area contributed by atoms with Gasteiger partial charge in [-0.15, -0.1) is 0 Å². The first-order chi connectivity index (χ1) is 0. The van der Waals surface area contributed by atoms with Crippen molar-refractivity contribution in [2.75, 3.05) is 0 Å². The minimum atomic E-state index is 0. The van der Waals surface area contributed by atoms with Crippen molar-refractivity contribution in [2.45, 2.75) is 0 Å². The van der Waals surface area contributed by atoms with Crippen LogP contribution >= 0.6 is 0 Å². The van der Waals surface area contributed by atoms with Gasteiger partial charge in [0.2, 0.25) is 0 Å². The molecular weight excluding hydrogens is 217 g/mol. The van der Waals surface area contributed by atoms with Gasteiger partial charge in [0.1, 0.15) is 0 Å². The smallest absolute Gasteiger partial charge is 0 e. The van der Waals surface area contributed by atoms with Crippen LogP contribution < -0.4 is 0 Å². The predicted molar refractivity (Wildman–Crippen MR) is 5.75 cm³/mol. The summed E-state index contributed by atoms with van der Waals surface area (Å²) in [5.74, 6) is 0. The van der Waals surface area contributed by atoms with E-state index in [0.29, 0.717) is 0 Å². The topological polar surface area (TPSA) is 0 Å². The van der Waals surface area contributed by atoms with E-state index < -0.39 is 0 Å². The maximum absolute atomic E-state index is 0. The molecule has 0 unspecified atom stereocenters. The molecular formula is AlTiVZr. The zero-order valence-electron chi connectivity index (χ0n) is 2.02. The quantitative estimate of drug-likeness (QED) is 0.485. The molecule has 0 fully saturated rings. The van der Waals surface area contributed by atoms with Crippen LogP contribution in [0.1, 0.15) is 0 Å². The molecule has 0 nitrogen and oxygen atoms in total. The zero-order valence-corrected chi connectivity index (χ0v) is 8.60. The molecule has 0 aromatic carbocycles. The molecule has 0 aliphatic carbocycles. The van der Waals surface area contributed by atoms with E-state index in [-0.39, 0.29) is 83.8 Å². The molecule has 0 saturated carbocycles. The first-order valence-corrected chi connectivity index (χ1v) is 0. The summed E-state index contributed by atoms with van der Waals surface area (Å²) in [6.07, 6.45) is 0. The van der Waals surface area contributed by atoms with Gasteiger partial charge in [-0.1, -0.05) is 0 Å². The van der Waals surface area contributed by atoms with Gasteiger partial charge in [0, 0.05) is 83.8 Å². The van der Waals surface area contributed by atoms with Crippen molar-refractivity contribution < 1.29 is 66.5 Å². The predicted octanol–water partition coefficient (Wildman–Crippen LogP) is -0.388. The van der Waals surface area contributed by atoms with Gasteiger partial charge >= 0.3 is 0 Å². The third-order valence-electron chi connectivity index (χ3n) is 0. The molecule has 0 heterocycles.